The fourth-order valence-corrected chi connectivity index (χ4v) is 1.20. The molecule has 7 nitrogen and oxygen atoms in total. The number of hydrogen-bond acceptors (Lipinski definition) is 5. The number of hydrogen-bond donors (Lipinski definition) is 3. The summed E-state index contributed by atoms with van der Waals surface area (Å²) < 4.78 is 4.65. The predicted molar refractivity (Wildman–Crippen MR) is 72.1 cm³/mol. The summed E-state index contributed by atoms with van der Waals surface area (Å²) in [6, 6.07) is 9.94. The monoisotopic (exact) mass is 274 g/mol. The normalized spacial score (nSPS) is 10.1. The van der Waals surface area contributed by atoms with Gasteiger partial charge in [0.2, 0.25) is 0 Å². The highest BCUT2D eigenvalue weighted by molar-refractivity contribution is 5.93. The molecule has 0 saturated heterocycles. The minimum Gasteiger partial charge on any atom is -0.462 e. The van der Waals surface area contributed by atoms with Crippen molar-refractivity contribution in [2.24, 2.45) is 0 Å². The van der Waals surface area contributed by atoms with E-state index in [0.29, 0.717) is 5.69 Å². The third-order valence-corrected chi connectivity index (χ3v) is 2.05. The first-order chi connectivity index (χ1) is 9.67. The van der Waals surface area contributed by atoms with Gasteiger partial charge in [0.05, 0.1) is 6.61 Å². The SMILES string of the molecule is CCOC(=O)/C(C#N)=C/NNC(=O)Nc1ccccc1. The van der Waals surface area contributed by atoms with Crippen LogP contribution in [0.5, 0.6) is 0 Å². The average Bonchev–Trinajstić information content (AvgIpc) is 2.45. The summed E-state index contributed by atoms with van der Waals surface area (Å²) in [5.74, 6) is -0.757. The van der Waals surface area contributed by atoms with Crippen LogP contribution >= 0.6 is 0 Å². The number of amides is 2. The molecule has 1 aromatic carbocycles. The van der Waals surface area contributed by atoms with Crippen molar-refractivity contribution >= 4 is 17.7 Å². The number of benzene rings is 1. The summed E-state index contributed by atoms with van der Waals surface area (Å²) in [5, 5.41) is 11.3. The van der Waals surface area contributed by atoms with Gasteiger partial charge in [-0.2, -0.15) is 5.26 Å². The van der Waals surface area contributed by atoms with Crippen molar-refractivity contribution < 1.29 is 14.3 Å². The fraction of sp³-hybridized carbons (Fsp3) is 0.154. The number of esters is 1. The van der Waals surface area contributed by atoms with Crippen molar-refractivity contribution in [3.8, 4) is 6.07 Å². The van der Waals surface area contributed by atoms with Crippen LogP contribution in [-0.2, 0) is 9.53 Å². The van der Waals surface area contributed by atoms with E-state index in [0.717, 1.165) is 6.20 Å². The minimum atomic E-state index is -0.757. The molecule has 0 aliphatic carbocycles. The first kappa shape index (κ1) is 15.0. The molecule has 0 radical (unpaired) electrons. The van der Waals surface area contributed by atoms with Gasteiger partial charge in [0, 0.05) is 11.9 Å². The molecular formula is C13H14N4O3. The van der Waals surface area contributed by atoms with Crippen molar-refractivity contribution in [3.05, 3.63) is 42.1 Å². The highest BCUT2D eigenvalue weighted by Crippen LogP contribution is 2.03. The Labute approximate surface area is 116 Å². The Bertz CT molecular complexity index is 534. The van der Waals surface area contributed by atoms with Crippen LogP contribution in [0.3, 0.4) is 0 Å². The fourth-order valence-electron chi connectivity index (χ4n) is 1.20. The molecule has 0 atom stereocenters. The molecule has 0 aliphatic rings. The maximum absolute atomic E-state index is 11.5. The van der Waals surface area contributed by atoms with Gasteiger partial charge in [-0.3, -0.25) is 5.43 Å². The third kappa shape index (κ3) is 5.10. The number of nitrogens with zero attached hydrogens (tertiary/aromatic N) is 1. The summed E-state index contributed by atoms with van der Waals surface area (Å²) in [5.41, 5.74) is 4.97. The number of carbonyl (C=O) groups is 2. The maximum atomic E-state index is 11.5. The zero-order valence-corrected chi connectivity index (χ0v) is 10.8. The molecule has 0 aliphatic heterocycles. The topological polar surface area (TPSA) is 103 Å². The van der Waals surface area contributed by atoms with Crippen molar-refractivity contribution in [3.63, 3.8) is 0 Å². The van der Waals surface area contributed by atoms with Gasteiger partial charge in [-0.05, 0) is 19.1 Å². The lowest BCUT2D eigenvalue weighted by Crippen LogP contribution is -2.37. The van der Waals surface area contributed by atoms with Gasteiger partial charge in [0.1, 0.15) is 6.07 Å². The maximum Gasteiger partial charge on any atom is 0.350 e. The Balaban J connectivity index is 2.44. The average molecular weight is 274 g/mol. The number of para-hydroxylation sites is 1. The number of hydrazine groups is 1. The molecule has 1 aromatic rings. The van der Waals surface area contributed by atoms with Gasteiger partial charge in [-0.25, -0.2) is 9.59 Å². The quantitative estimate of drug-likeness (QED) is 0.325. The molecule has 0 spiro atoms. The molecule has 3 N–H and O–H groups in total. The van der Waals surface area contributed by atoms with Gasteiger partial charge in [-0.15, -0.1) is 0 Å². The molecule has 20 heavy (non-hydrogen) atoms. The number of ether oxygens (including phenoxy) is 1. The molecule has 7 heteroatoms. The predicted octanol–water partition coefficient (Wildman–Crippen LogP) is 1.28. The zero-order chi connectivity index (χ0) is 14.8. The molecule has 0 saturated carbocycles. The summed E-state index contributed by atoms with van der Waals surface area (Å²) in [6.07, 6.45) is 1.06. The van der Waals surface area contributed by atoms with Crippen LogP contribution in [-0.4, -0.2) is 18.6 Å². The molecule has 1 rings (SSSR count). The van der Waals surface area contributed by atoms with E-state index in [9.17, 15) is 9.59 Å². The number of nitriles is 1. The second kappa shape index (κ2) is 8.16. The molecular weight excluding hydrogens is 260 g/mol. The van der Waals surface area contributed by atoms with E-state index < -0.39 is 12.0 Å². The Morgan fingerprint density at radius 2 is 2.05 bits per heavy atom. The van der Waals surface area contributed by atoms with Gasteiger partial charge < -0.3 is 15.5 Å². The number of rotatable bonds is 5. The lowest BCUT2D eigenvalue weighted by molar-refractivity contribution is -0.138. The van der Waals surface area contributed by atoms with Crippen LogP contribution in [0, 0.1) is 11.3 Å². The third-order valence-electron chi connectivity index (χ3n) is 2.05. The van der Waals surface area contributed by atoms with Gasteiger partial charge in [-0.1, -0.05) is 18.2 Å². The lowest BCUT2D eigenvalue weighted by atomic mass is 10.3. The van der Waals surface area contributed by atoms with Gasteiger partial charge in [0.15, 0.2) is 5.57 Å². The van der Waals surface area contributed by atoms with Crippen LogP contribution in [0.1, 0.15) is 6.92 Å². The zero-order valence-electron chi connectivity index (χ0n) is 10.8. The van der Waals surface area contributed by atoms with Gasteiger partial charge >= 0.3 is 12.0 Å². The molecule has 0 aromatic heterocycles. The molecule has 2 amide bonds. The van der Waals surface area contributed by atoms with Crippen LogP contribution in [0.4, 0.5) is 10.5 Å². The summed E-state index contributed by atoms with van der Waals surface area (Å²) in [4.78, 5) is 22.7. The Hall–Kier alpha value is -3.01. The lowest BCUT2D eigenvalue weighted by Gasteiger charge is -2.07. The molecule has 0 heterocycles. The van der Waals surface area contributed by atoms with E-state index in [1.165, 1.54) is 0 Å². The number of nitrogens with one attached hydrogen (secondary N) is 3. The van der Waals surface area contributed by atoms with Crippen LogP contribution in [0.15, 0.2) is 42.1 Å². The first-order valence-corrected chi connectivity index (χ1v) is 5.82. The van der Waals surface area contributed by atoms with Crippen molar-refractivity contribution in [2.75, 3.05) is 11.9 Å². The summed E-state index contributed by atoms with van der Waals surface area (Å²) in [6.45, 7) is 1.80. The number of carbonyl (C=O) groups excluding carboxylic acids is 2. The van der Waals surface area contributed by atoms with E-state index in [-0.39, 0.29) is 12.2 Å². The molecule has 104 valence electrons. The second-order valence-electron chi connectivity index (χ2n) is 3.48. The van der Waals surface area contributed by atoms with Crippen LogP contribution < -0.4 is 16.2 Å². The Kier molecular flexibility index (Phi) is 6.14. The van der Waals surface area contributed by atoms with E-state index in [4.69, 9.17) is 5.26 Å². The standard InChI is InChI=1S/C13H14N4O3/c1-2-20-12(18)10(8-14)9-15-17-13(19)16-11-6-4-3-5-7-11/h3-7,9,15H,2H2,1H3,(H2,16,17,19)/b10-9+. The van der Waals surface area contributed by atoms with E-state index in [1.54, 1.807) is 37.3 Å². The molecule has 0 unspecified atom stereocenters. The van der Waals surface area contributed by atoms with E-state index in [2.05, 4.69) is 20.9 Å². The summed E-state index contributed by atoms with van der Waals surface area (Å²) >= 11 is 0. The Morgan fingerprint density at radius 1 is 1.35 bits per heavy atom. The highest BCUT2D eigenvalue weighted by atomic mass is 16.5. The van der Waals surface area contributed by atoms with E-state index in [1.807, 2.05) is 6.07 Å². The number of urea groups is 1. The van der Waals surface area contributed by atoms with Crippen molar-refractivity contribution in [1.82, 2.24) is 10.9 Å². The molecule has 0 fully saturated rings. The van der Waals surface area contributed by atoms with Crippen molar-refractivity contribution in [2.45, 2.75) is 6.92 Å². The van der Waals surface area contributed by atoms with Crippen LogP contribution in [0.2, 0.25) is 0 Å². The summed E-state index contributed by atoms with van der Waals surface area (Å²) in [7, 11) is 0. The highest BCUT2D eigenvalue weighted by Gasteiger charge is 2.09. The Morgan fingerprint density at radius 3 is 2.65 bits per heavy atom. The minimum absolute atomic E-state index is 0.166. The van der Waals surface area contributed by atoms with Crippen molar-refractivity contribution in [1.29, 1.82) is 5.26 Å². The van der Waals surface area contributed by atoms with E-state index >= 15 is 0 Å². The largest absolute Gasteiger partial charge is 0.462 e. The van der Waals surface area contributed by atoms with Gasteiger partial charge in [0.25, 0.3) is 0 Å². The molecule has 0 bridgehead atoms. The first-order valence-electron chi connectivity index (χ1n) is 5.82. The second-order valence-corrected chi connectivity index (χ2v) is 3.48. The smallest absolute Gasteiger partial charge is 0.350 e. The number of anilines is 1. The van der Waals surface area contributed by atoms with Crippen LogP contribution in [0.25, 0.3) is 0 Å².